The van der Waals surface area contributed by atoms with Crippen molar-refractivity contribution < 1.29 is 0 Å². The standard InChI is InChI=1S/C31H27BrN8/c32-25-18-34-31-35-27(28(40(31)20-25)23-6-2-1-3-7-23)22-11-9-21(10-12-22)19-39-16-13-24(14-17-39)29-36-30(38-37-29)26-8-4-5-15-33-26/h1-12,15,18,20,24H,13-14,16-17,19H2,(H,36,37,38). The molecule has 0 saturated carbocycles. The van der Waals surface area contributed by atoms with Crippen LogP contribution in [0, 0.1) is 0 Å². The van der Waals surface area contributed by atoms with Crippen molar-refractivity contribution in [2.45, 2.75) is 25.3 Å². The Balaban J connectivity index is 1.05. The van der Waals surface area contributed by atoms with Crippen LogP contribution in [0.4, 0.5) is 0 Å². The molecule has 1 saturated heterocycles. The summed E-state index contributed by atoms with van der Waals surface area (Å²) in [7, 11) is 0. The van der Waals surface area contributed by atoms with Gasteiger partial charge in [-0.05, 0) is 59.6 Å². The molecule has 1 aliphatic rings. The van der Waals surface area contributed by atoms with Crippen molar-refractivity contribution in [3.8, 4) is 34.0 Å². The number of H-pyrrole nitrogens is 1. The fraction of sp³-hybridized carbons (Fsp3) is 0.194. The molecule has 1 N–H and O–H groups in total. The second-order valence-corrected chi connectivity index (χ2v) is 11.0. The molecular weight excluding hydrogens is 564 g/mol. The van der Waals surface area contributed by atoms with Gasteiger partial charge in [-0.2, -0.15) is 5.10 Å². The number of rotatable bonds is 6. The maximum atomic E-state index is 4.91. The minimum absolute atomic E-state index is 0.368. The number of hydrogen-bond donors (Lipinski definition) is 1. The predicted molar refractivity (Wildman–Crippen MR) is 158 cm³/mol. The number of fused-ring (bicyclic) bond motifs is 1. The highest BCUT2D eigenvalue weighted by atomic mass is 79.9. The van der Waals surface area contributed by atoms with Crippen LogP contribution in [-0.4, -0.2) is 52.5 Å². The van der Waals surface area contributed by atoms with E-state index in [9.17, 15) is 0 Å². The smallest absolute Gasteiger partial charge is 0.234 e. The molecule has 0 amide bonds. The summed E-state index contributed by atoms with van der Waals surface area (Å²) in [5.74, 6) is 2.69. The van der Waals surface area contributed by atoms with Gasteiger partial charge >= 0.3 is 0 Å². The van der Waals surface area contributed by atoms with Crippen LogP contribution in [0.25, 0.3) is 39.8 Å². The van der Waals surface area contributed by atoms with Gasteiger partial charge < -0.3 is 0 Å². The fourth-order valence-electron chi connectivity index (χ4n) is 5.43. The average Bonchev–Trinajstić information content (AvgIpc) is 3.65. The van der Waals surface area contributed by atoms with Crippen molar-refractivity contribution in [1.82, 2.24) is 39.4 Å². The normalized spacial score (nSPS) is 14.6. The third-order valence-corrected chi connectivity index (χ3v) is 7.90. The summed E-state index contributed by atoms with van der Waals surface area (Å²) in [6.07, 6.45) is 7.67. The van der Waals surface area contributed by atoms with Crippen molar-refractivity contribution >= 4 is 21.7 Å². The van der Waals surface area contributed by atoms with Crippen LogP contribution < -0.4 is 0 Å². The first-order chi connectivity index (χ1) is 19.7. The number of hydrogen-bond acceptors (Lipinski definition) is 6. The van der Waals surface area contributed by atoms with Crippen LogP contribution in [0.2, 0.25) is 0 Å². The SMILES string of the molecule is Brc1cnc2nc(-c3ccc(CN4CCC(c5n[nH]c(-c6ccccn6)n5)CC4)cc3)c(-c3ccccc3)n2c1. The van der Waals surface area contributed by atoms with E-state index in [0.29, 0.717) is 11.7 Å². The summed E-state index contributed by atoms with van der Waals surface area (Å²) >= 11 is 3.56. The molecule has 1 aliphatic heterocycles. The minimum atomic E-state index is 0.368. The molecule has 0 atom stereocenters. The molecule has 0 aliphatic carbocycles. The maximum Gasteiger partial charge on any atom is 0.234 e. The third-order valence-electron chi connectivity index (χ3n) is 7.49. The number of nitrogens with zero attached hydrogens (tertiary/aromatic N) is 7. The number of halogens is 1. The van der Waals surface area contributed by atoms with Gasteiger partial charge in [0.25, 0.3) is 0 Å². The molecule has 0 spiro atoms. The van der Waals surface area contributed by atoms with Gasteiger partial charge in [0.2, 0.25) is 5.78 Å². The van der Waals surface area contributed by atoms with Gasteiger partial charge in [0.1, 0.15) is 5.69 Å². The molecule has 0 unspecified atom stereocenters. The second kappa shape index (κ2) is 10.7. The molecule has 8 nitrogen and oxygen atoms in total. The van der Waals surface area contributed by atoms with Crippen molar-refractivity contribution in [3.63, 3.8) is 0 Å². The Bertz CT molecular complexity index is 1740. The first-order valence-corrected chi connectivity index (χ1v) is 14.2. The van der Waals surface area contributed by atoms with Gasteiger partial charge in [-0.1, -0.05) is 60.7 Å². The van der Waals surface area contributed by atoms with E-state index in [1.165, 1.54) is 5.56 Å². The largest absolute Gasteiger partial charge is 0.299 e. The van der Waals surface area contributed by atoms with Gasteiger partial charge in [0.05, 0.1) is 15.9 Å². The van der Waals surface area contributed by atoms with Crippen LogP contribution in [-0.2, 0) is 6.54 Å². The van der Waals surface area contributed by atoms with Gasteiger partial charge in [0.15, 0.2) is 11.6 Å². The Kier molecular flexibility index (Phi) is 6.67. The summed E-state index contributed by atoms with van der Waals surface area (Å²) in [6.45, 7) is 2.96. The zero-order valence-corrected chi connectivity index (χ0v) is 23.4. The number of piperidine rings is 1. The number of benzene rings is 2. The summed E-state index contributed by atoms with van der Waals surface area (Å²) in [5, 5.41) is 7.57. The fourth-order valence-corrected chi connectivity index (χ4v) is 5.74. The summed E-state index contributed by atoms with van der Waals surface area (Å²) in [6, 6.07) is 25.0. The Morgan fingerprint density at radius 2 is 1.65 bits per heavy atom. The monoisotopic (exact) mass is 590 g/mol. The van der Waals surface area contributed by atoms with E-state index in [0.717, 1.165) is 76.8 Å². The van der Waals surface area contributed by atoms with E-state index >= 15 is 0 Å². The Hall–Kier alpha value is -4.21. The molecule has 6 aromatic rings. The van der Waals surface area contributed by atoms with Crippen molar-refractivity contribution in [2.75, 3.05) is 13.1 Å². The number of aromatic nitrogens is 7. The third kappa shape index (κ3) is 4.94. The lowest BCUT2D eigenvalue weighted by atomic mass is 9.95. The molecule has 7 rings (SSSR count). The zero-order valence-electron chi connectivity index (χ0n) is 21.8. The number of imidazole rings is 1. The lowest BCUT2D eigenvalue weighted by molar-refractivity contribution is 0.202. The van der Waals surface area contributed by atoms with E-state index in [4.69, 9.17) is 9.97 Å². The van der Waals surface area contributed by atoms with Gasteiger partial charge in [-0.25, -0.2) is 15.0 Å². The van der Waals surface area contributed by atoms with E-state index < -0.39 is 0 Å². The summed E-state index contributed by atoms with van der Waals surface area (Å²) in [4.78, 5) is 21.1. The van der Waals surface area contributed by atoms with Crippen LogP contribution >= 0.6 is 15.9 Å². The highest BCUT2D eigenvalue weighted by Crippen LogP contribution is 2.33. The molecule has 0 bridgehead atoms. The van der Waals surface area contributed by atoms with E-state index in [1.54, 1.807) is 12.4 Å². The average molecular weight is 592 g/mol. The van der Waals surface area contributed by atoms with Gasteiger partial charge in [0, 0.05) is 42.2 Å². The van der Waals surface area contributed by atoms with Gasteiger partial charge in [-0.15, -0.1) is 0 Å². The Morgan fingerprint density at radius 3 is 2.42 bits per heavy atom. The highest BCUT2D eigenvalue weighted by molar-refractivity contribution is 9.10. The summed E-state index contributed by atoms with van der Waals surface area (Å²) < 4.78 is 2.97. The van der Waals surface area contributed by atoms with Crippen molar-refractivity contribution in [1.29, 1.82) is 0 Å². The topological polar surface area (TPSA) is 87.9 Å². The van der Waals surface area contributed by atoms with Crippen molar-refractivity contribution in [3.05, 3.63) is 107 Å². The minimum Gasteiger partial charge on any atom is -0.299 e. The summed E-state index contributed by atoms with van der Waals surface area (Å²) in [5.41, 5.74) is 6.28. The molecular formula is C31H27BrN8. The molecule has 40 heavy (non-hydrogen) atoms. The Morgan fingerprint density at radius 1 is 0.850 bits per heavy atom. The molecule has 4 aromatic heterocycles. The lowest BCUT2D eigenvalue weighted by Crippen LogP contribution is -2.32. The first kappa shape index (κ1) is 24.8. The predicted octanol–water partition coefficient (Wildman–Crippen LogP) is 6.39. The number of nitrogens with one attached hydrogen (secondary N) is 1. The molecule has 2 aromatic carbocycles. The van der Waals surface area contributed by atoms with Crippen LogP contribution in [0.15, 0.2) is 95.9 Å². The molecule has 0 radical (unpaired) electrons. The van der Waals surface area contributed by atoms with Crippen LogP contribution in [0.1, 0.15) is 30.1 Å². The second-order valence-electron chi connectivity index (χ2n) is 10.1. The van der Waals surface area contributed by atoms with Crippen LogP contribution in [0.5, 0.6) is 0 Å². The Labute approximate surface area is 240 Å². The highest BCUT2D eigenvalue weighted by Gasteiger charge is 2.24. The molecule has 198 valence electrons. The van der Waals surface area contributed by atoms with E-state index in [1.807, 2.05) is 30.5 Å². The van der Waals surface area contributed by atoms with Crippen molar-refractivity contribution in [2.24, 2.45) is 0 Å². The molecule has 5 heterocycles. The van der Waals surface area contributed by atoms with E-state index in [2.05, 4.69) is 93.9 Å². The maximum absolute atomic E-state index is 4.91. The zero-order chi connectivity index (χ0) is 26.9. The molecule has 1 fully saturated rings. The van der Waals surface area contributed by atoms with Gasteiger partial charge in [-0.3, -0.25) is 19.4 Å². The lowest BCUT2D eigenvalue weighted by Gasteiger charge is -2.30. The van der Waals surface area contributed by atoms with Crippen LogP contribution in [0.3, 0.4) is 0 Å². The van der Waals surface area contributed by atoms with E-state index in [-0.39, 0.29) is 0 Å². The first-order valence-electron chi connectivity index (χ1n) is 13.5. The molecule has 9 heteroatoms. The quantitative estimate of drug-likeness (QED) is 0.242. The number of aromatic amines is 1. The number of pyridine rings is 1. The number of likely N-dealkylation sites (tertiary alicyclic amines) is 1.